The van der Waals surface area contributed by atoms with Gasteiger partial charge in [-0.2, -0.15) is 5.26 Å². The Hall–Kier alpha value is -3.29. The molecule has 0 atom stereocenters. The molecule has 0 spiro atoms. The minimum atomic E-state index is -3.74. The highest BCUT2D eigenvalue weighted by Gasteiger charge is 2.14. The minimum Gasteiger partial charge on any atom is -0.354 e. The summed E-state index contributed by atoms with van der Waals surface area (Å²) in [5.41, 5.74) is 0.811. The number of carbonyl (C=O) groups is 2. The Labute approximate surface area is 174 Å². The van der Waals surface area contributed by atoms with Crippen molar-refractivity contribution in [3.8, 4) is 6.07 Å². The van der Waals surface area contributed by atoms with E-state index < -0.39 is 21.7 Å². The van der Waals surface area contributed by atoms with Crippen LogP contribution >= 0.6 is 0 Å². The molecule has 0 aliphatic rings. The van der Waals surface area contributed by atoms with Crippen LogP contribution in [-0.4, -0.2) is 39.9 Å². The van der Waals surface area contributed by atoms with Crippen molar-refractivity contribution in [2.75, 3.05) is 19.6 Å². The lowest BCUT2D eigenvalue weighted by molar-refractivity contribution is -0.120. The van der Waals surface area contributed by atoms with Crippen LogP contribution < -0.4 is 15.4 Å². The number of carbonyl (C=O) groups excluding carboxylic acids is 2. The van der Waals surface area contributed by atoms with Gasteiger partial charge in [0.1, 0.15) is 5.82 Å². The highest BCUT2D eigenvalue weighted by Crippen LogP contribution is 2.10. The second kappa shape index (κ2) is 11.0. The monoisotopic (exact) mass is 432 g/mol. The molecule has 0 fully saturated rings. The van der Waals surface area contributed by atoms with Gasteiger partial charge in [0, 0.05) is 31.6 Å². The van der Waals surface area contributed by atoms with Gasteiger partial charge in [-0.15, -0.1) is 0 Å². The Morgan fingerprint density at radius 1 is 1.00 bits per heavy atom. The smallest absolute Gasteiger partial charge is 0.251 e. The number of hydrogen-bond acceptors (Lipinski definition) is 5. The van der Waals surface area contributed by atoms with Crippen molar-refractivity contribution in [2.45, 2.75) is 17.7 Å². The van der Waals surface area contributed by atoms with Gasteiger partial charge in [-0.3, -0.25) is 9.59 Å². The molecule has 0 radical (unpaired) electrons. The molecule has 0 aliphatic carbocycles. The molecule has 2 aromatic rings. The summed E-state index contributed by atoms with van der Waals surface area (Å²) in [6.07, 6.45) is 0.0859. The summed E-state index contributed by atoms with van der Waals surface area (Å²) in [5.74, 6) is -1.13. The van der Waals surface area contributed by atoms with Gasteiger partial charge >= 0.3 is 0 Å². The number of nitrogens with one attached hydrogen (secondary N) is 3. The molecule has 0 unspecified atom stereocenters. The van der Waals surface area contributed by atoms with Crippen LogP contribution in [0.25, 0.3) is 0 Å². The largest absolute Gasteiger partial charge is 0.354 e. The zero-order valence-corrected chi connectivity index (χ0v) is 16.8. The Kier molecular flexibility index (Phi) is 8.46. The molecule has 2 amide bonds. The molecule has 0 aliphatic heterocycles. The van der Waals surface area contributed by atoms with Crippen LogP contribution in [0.1, 0.15) is 22.3 Å². The second-order valence-corrected chi connectivity index (χ2v) is 8.01. The Morgan fingerprint density at radius 3 is 2.37 bits per heavy atom. The summed E-state index contributed by atoms with van der Waals surface area (Å²) >= 11 is 0. The Balaban J connectivity index is 1.77. The fourth-order valence-electron chi connectivity index (χ4n) is 2.48. The second-order valence-electron chi connectivity index (χ2n) is 6.24. The lowest BCUT2D eigenvalue weighted by Gasteiger charge is -2.09. The normalized spacial score (nSPS) is 10.8. The van der Waals surface area contributed by atoms with Crippen LogP contribution in [-0.2, 0) is 21.2 Å². The first-order chi connectivity index (χ1) is 14.3. The van der Waals surface area contributed by atoms with E-state index in [-0.39, 0.29) is 48.8 Å². The predicted molar refractivity (Wildman–Crippen MR) is 107 cm³/mol. The SMILES string of the molecule is N#CCCNS(=O)(=O)c1ccc(C(=O)NCCNC(=O)Cc2cccc(F)c2)cc1. The fraction of sp³-hybridized carbons (Fsp3) is 0.250. The van der Waals surface area contributed by atoms with Crippen LogP contribution in [0.2, 0.25) is 0 Å². The van der Waals surface area contributed by atoms with Crippen LogP contribution in [0.5, 0.6) is 0 Å². The zero-order valence-electron chi connectivity index (χ0n) is 16.0. The van der Waals surface area contributed by atoms with Gasteiger partial charge in [0.2, 0.25) is 15.9 Å². The topological polar surface area (TPSA) is 128 Å². The molecule has 0 saturated heterocycles. The Morgan fingerprint density at radius 2 is 1.70 bits per heavy atom. The molecule has 10 heteroatoms. The van der Waals surface area contributed by atoms with Crippen molar-refractivity contribution in [1.29, 1.82) is 5.26 Å². The van der Waals surface area contributed by atoms with Crippen molar-refractivity contribution in [3.63, 3.8) is 0 Å². The number of benzene rings is 2. The molecule has 2 aromatic carbocycles. The summed E-state index contributed by atoms with van der Waals surface area (Å²) in [5, 5.41) is 13.7. The van der Waals surface area contributed by atoms with Gasteiger partial charge in [0.25, 0.3) is 5.91 Å². The maximum atomic E-state index is 13.1. The zero-order chi connectivity index (χ0) is 22.0. The minimum absolute atomic E-state index is 0.00596. The van der Waals surface area contributed by atoms with E-state index in [2.05, 4.69) is 15.4 Å². The lowest BCUT2D eigenvalue weighted by atomic mass is 10.1. The average Bonchev–Trinajstić information content (AvgIpc) is 2.71. The van der Waals surface area contributed by atoms with Crippen molar-refractivity contribution in [2.24, 2.45) is 0 Å². The van der Waals surface area contributed by atoms with Crippen LogP contribution in [0.3, 0.4) is 0 Å². The first kappa shape index (κ1) is 23.0. The summed E-state index contributed by atoms with van der Waals surface area (Å²) < 4.78 is 39.5. The standard InChI is InChI=1S/C20H21FN4O4S/c21-17-4-1-3-15(13-17)14-19(26)23-11-12-24-20(27)16-5-7-18(8-6-16)30(28,29)25-10-2-9-22/h1,3-8,13,25H,2,10-12,14H2,(H,23,26)(H,24,27). The van der Waals surface area contributed by atoms with E-state index in [1.165, 1.54) is 42.5 Å². The molecular formula is C20H21FN4O4S. The number of sulfonamides is 1. The number of amides is 2. The molecule has 3 N–H and O–H groups in total. The van der Waals surface area contributed by atoms with Crippen molar-refractivity contribution in [1.82, 2.24) is 15.4 Å². The van der Waals surface area contributed by atoms with Crippen LogP contribution in [0, 0.1) is 17.1 Å². The molecule has 0 aromatic heterocycles. The predicted octanol–water partition coefficient (Wildman–Crippen LogP) is 1.11. The van der Waals surface area contributed by atoms with E-state index in [1.54, 1.807) is 6.07 Å². The third-order valence-electron chi connectivity index (χ3n) is 3.94. The van der Waals surface area contributed by atoms with Gasteiger partial charge in [-0.25, -0.2) is 17.5 Å². The van der Waals surface area contributed by atoms with Gasteiger partial charge in [-0.1, -0.05) is 12.1 Å². The quantitative estimate of drug-likeness (QED) is 0.485. The molecule has 2 rings (SSSR count). The number of nitriles is 1. The number of nitrogens with zero attached hydrogens (tertiary/aromatic N) is 1. The molecule has 0 bridgehead atoms. The molecule has 0 saturated carbocycles. The third kappa shape index (κ3) is 7.27. The third-order valence-corrected chi connectivity index (χ3v) is 5.42. The summed E-state index contributed by atoms with van der Waals surface area (Å²) in [6.45, 7) is 0.366. The molecule has 30 heavy (non-hydrogen) atoms. The summed E-state index contributed by atoms with van der Waals surface area (Å²) in [6, 6.07) is 12.9. The Bertz CT molecular complexity index is 1030. The highest BCUT2D eigenvalue weighted by atomic mass is 32.2. The van der Waals surface area contributed by atoms with Crippen LogP contribution in [0.15, 0.2) is 53.4 Å². The highest BCUT2D eigenvalue weighted by molar-refractivity contribution is 7.89. The van der Waals surface area contributed by atoms with E-state index in [0.717, 1.165) is 0 Å². The molecular weight excluding hydrogens is 411 g/mol. The first-order valence-electron chi connectivity index (χ1n) is 9.08. The van der Waals surface area contributed by atoms with Crippen LogP contribution in [0.4, 0.5) is 4.39 Å². The lowest BCUT2D eigenvalue weighted by Crippen LogP contribution is -2.35. The van der Waals surface area contributed by atoms with E-state index >= 15 is 0 Å². The van der Waals surface area contributed by atoms with E-state index in [4.69, 9.17) is 5.26 Å². The fourth-order valence-corrected chi connectivity index (χ4v) is 3.52. The maximum Gasteiger partial charge on any atom is 0.251 e. The van der Waals surface area contributed by atoms with Gasteiger partial charge in [0.05, 0.1) is 17.4 Å². The molecule has 8 nitrogen and oxygen atoms in total. The summed E-state index contributed by atoms with van der Waals surface area (Å²) in [4.78, 5) is 23.9. The summed E-state index contributed by atoms with van der Waals surface area (Å²) in [7, 11) is -3.74. The van der Waals surface area contributed by atoms with E-state index in [0.29, 0.717) is 5.56 Å². The number of rotatable bonds is 10. The van der Waals surface area contributed by atoms with Gasteiger partial charge < -0.3 is 10.6 Å². The van der Waals surface area contributed by atoms with Gasteiger partial charge in [0.15, 0.2) is 0 Å². The van der Waals surface area contributed by atoms with E-state index in [1.807, 2.05) is 6.07 Å². The molecule has 158 valence electrons. The van der Waals surface area contributed by atoms with Crippen molar-refractivity contribution >= 4 is 21.8 Å². The number of halogens is 1. The van der Waals surface area contributed by atoms with E-state index in [9.17, 15) is 22.4 Å². The first-order valence-corrected chi connectivity index (χ1v) is 10.6. The van der Waals surface area contributed by atoms with Crippen molar-refractivity contribution < 1.29 is 22.4 Å². The molecule has 0 heterocycles. The average molecular weight is 432 g/mol. The maximum absolute atomic E-state index is 13.1. The van der Waals surface area contributed by atoms with Crippen molar-refractivity contribution in [3.05, 3.63) is 65.5 Å². The number of hydrogen-bond donors (Lipinski definition) is 3. The van der Waals surface area contributed by atoms with Gasteiger partial charge in [-0.05, 0) is 42.0 Å².